The molecule has 0 bridgehead atoms. The molecule has 0 aliphatic heterocycles. The van der Waals surface area contributed by atoms with Crippen LogP contribution in [-0.2, 0) is 11.3 Å². The summed E-state index contributed by atoms with van der Waals surface area (Å²) in [6.45, 7) is -0.368. The molecule has 8 heteroatoms. The number of carboxylic acids is 1. The number of aliphatic carboxylic acids is 1. The number of carbonyl (C=O) groups excluding carboxylic acids is 1. The molecule has 0 aliphatic carbocycles. The molecule has 1 heterocycles. The molecule has 0 spiro atoms. The van der Waals surface area contributed by atoms with E-state index in [1.165, 1.54) is 12.3 Å². The van der Waals surface area contributed by atoms with Gasteiger partial charge in [0.1, 0.15) is 0 Å². The minimum atomic E-state index is -1.07. The van der Waals surface area contributed by atoms with Gasteiger partial charge in [0, 0.05) is 10.6 Å². The van der Waals surface area contributed by atoms with Crippen LogP contribution in [0.5, 0.6) is 0 Å². The number of carbonyl (C=O) groups is 2. The van der Waals surface area contributed by atoms with Crippen molar-refractivity contribution in [1.29, 1.82) is 0 Å². The quantitative estimate of drug-likeness (QED) is 0.879. The summed E-state index contributed by atoms with van der Waals surface area (Å²) in [5.41, 5.74) is 0.375. The van der Waals surface area contributed by atoms with Gasteiger partial charge in [0.25, 0.3) is 5.91 Å². The Morgan fingerprint density at radius 2 is 2.21 bits per heavy atom. The van der Waals surface area contributed by atoms with Crippen molar-refractivity contribution in [2.45, 2.75) is 6.54 Å². The molecule has 0 radical (unpaired) electrons. The zero-order chi connectivity index (χ0) is 13.8. The van der Waals surface area contributed by atoms with Crippen molar-refractivity contribution in [3.8, 4) is 0 Å². The van der Waals surface area contributed by atoms with E-state index in [-0.39, 0.29) is 12.4 Å². The zero-order valence-corrected chi connectivity index (χ0v) is 10.3. The Bertz CT molecular complexity index is 626. The third-order valence-corrected chi connectivity index (χ3v) is 2.38. The third kappa shape index (κ3) is 3.52. The van der Waals surface area contributed by atoms with Crippen molar-refractivity contribution in [3.63, 3.8) is 0 Å². The molecule has 2 rings (SSSR count). The summed E-state index contributed by atoms with van der Waals surface area (Å²) in [4.78, 5) is 23.3. The maximum absolute atomic E-state index is 11.8. The highest BCUT2D eigenvalue weighted by Crippen LogP contribution is 2.12. The number of carboxylic acid groups (broad SMARTS) is 1. The summed E-state index contributed by atoms with van der Waals surface area (Å²) >= 11 is 5.78. The largest absolute Gasteiger partial charge is 0.480 e. The van der Waals surface area contributed by atoms with Crippen LogP contribution in [0.4, 0.5) is 5.82 Å². The van der Waals surface area contributed by atoms with Gasteiger partial charge in [-0.15, -0.1) is 5.10 Å². The van der Waals surface area contributed by atoms with Crippen LogP contribution in [0.15, 0.2) is 30.5 Å². The molecule has 0 atom stereocenters. The standard InChI is InChI=1S/C11H9ClN4O3/c12-8-3-1-2-7(4-8)11(19)14-9-5-13-16(15-9)6-10(17)18/h1-5H,6H2,(H,17,18)(H,14,15,19). The number of nitrogens with one attached hydrogen (secondary N) is 1. The smallest absolute Gasteiger partial charge is 0.327 e. The van der Waals surface area contributed by atoms with E-state index in [0.29, 0.717) is 10.6 Å². The van der Waals surface area contributed by atoms with Crippen molar-refractivity contribution < 1.29 is 14.7 Å². The summed E-state index contributed by atoms with van der Waals surface area (Å²) in [5, 5.41) is 19.0. The maximum Gasteiger partial charge on any atom is 0.327 e. The fourth-order valence-corrected chi connectivity index (χ4v) is 1.56. The normalized spacial score (nSPS) is 10.2. The van der Waals surface area contributed by atoms with E-state index in [9.17, 15) is 9.59 Å². The number of nitrogens with zero attached hydrogens (tertiary/aromatic N) is 3. The van der Waals surface area contributed by atoms with Gasteiger partial charge in [-0.25, -0.2) is 0 Å². The lowest BCUT2D eigenvalue weighted by Crippen LogP contribution is -2.14. The number of amides is 1. The monoisotopic (exact) mass is 280 g/mol. The molecule has 0 fully saturated rings. The fourth-order valence-electron chi connectivity index (χ4n) is 1.37. The highest BCUT2D eigenvalue weighted by molar-refractivity contribution is 6.31. The van der Waals surface area contributed by atoms with Gasteiger partial charge in [-0.1, -0.05) is 17.7 Å². The van der Waals surface area contributed by atoms with Crippen molar-refractivity contribution in [1.82, 2.24) is 15.0 Å². The van der Waals surface area contributed by atoms with Crippen LogP contribution in [0.2, 0.25) is 5.02 Å². The molecule has 2 N–H and O–H groups in total. The van der Waals surface area contributed by atoms with Gasteiger partial charge < -0.3 is 10.4 Å². The van der Waals surface area contributed by atoms with Gasteiger partial charge in [-0.05, 0) is 18.2 Å². The Hall–Kier alpha value is -2.41. The molecule has 2 aromatic rings. The fraction of sp³-hybridized carbons (Fsp3) is 0.0909. The molecule has 98 valence electrons. The van der Waals surface area contributed by atoms with E-state index in [1.807, 2.05) is 0 Å². The number of benzene rings is 1. The van der Waals surface area contributed by atoms with Gasteiger partial charge in [-0.3, -0.25) is 9.59 Å². The molecule has 0 saturated carbocycles. The van der Waals surface area contributed by atoms with Crippen LogP contribution >= 0.6 is 11.6 Å². The van der Waals surface area contributed by atoms with Gasteiger partial charge in [0.05, 0.1) is 6.20 Å². The van der Waals surface area contributed by atoms with Gasteiger partial charge in [0.15, 0.2) is 12.4 Å². The second-order valence-electron chi connectivity index (χ2n) is 3.62. The van der Waals surface area contributed by atoms with Crippen molar-refractivity contribution in [2.75, 3.05) is 5.32 Å². The second kappa shape index (κ2) is 5.49. The molecule has 0 aliphatic rings. The maximum atomic E-state index is 11.8. The first-order valence-corrected chi connectivity index (χ1v) is 5.61. The highest BCUT2D eigenvalue weighted by Gasteiger charge is 2.10. The van der Waals surface area contributed by atoms with Crippen molar-refractivity contribution >= 4 is 29.3 Å². The summed E-state index contributed by atoms with van der Waals surface area (Å²) < 4.78 is 0. The first-order valence-electron chi connectivity index (χ1n) is 5.23. The van der Waals surface area contributed by atoms with E-state index >= 15 is 0 Å². The van der Waals surface area contributed by atoms with Gasteiger partial charge in [-0.2, -0.15) is 9.90 Å². The predicted octanol–water partition coefficient (Wildman–Crippen LogP) is 1.27. The highest BCUT2D eigenvalue weighted by atomic mass is 35.5. The van der Waals surface area contributed by atoms with Crippen molar-refractivity contribution in [3.05, 3.63) is 41.0 Å². The lowest BCUT2D eigenvalue weighted by atomic mass is 10.2. The Labute approximate surface area is 112 Å². The van der Waals surface area contributed by atoms with Crippen LogP contribution in [0.1, 0.15) is 10.4 Å². The molecular formula is C11H9ClN4O3. The third-order valence-electron chi connectivity index (χ3n) is 2.14. The Morgan fingerprint density at radius 3 is 2.89 bits per heavy atom. The van der Waals surface area contributed by atoms with Gasteiger partial charge in [0.2, 0.25) is 0 Å². The summed E-state index contributed by atoms with van der Waals surface area (Å²) in [6.07, 6.45) is 1.27. The minimum Gasteiger partial charge on any atom is -0.480 e. The number of aromatic nitrogens is 3. The molecular weight excluding hydrogens is 272 g/mol. The molecule has 1 aromatic heterocycles. The number of halogens is 1. The zero-order valence-electron chi connectivity index (χ0n) is 9.58. The van der Waals surface area contributed by atoms with Gasteiger partial charge >= 0.3 is 5.97 Å². The number of anilines is 1. The summed E-state index contributed by atoms with van der Waals surface area (Å²) in [7, 11) is 0. The predicted molar refractivity (Wildman–Crippen MR) is 67.1 cm³/mol. The van der Waals surface area contributed by atoms with E-state index in [4.69, 9.17) is 16.7 Å². The van der Waals surface area contributed by atoms with E-state index in [0.717, 1.165) is 4.80 Å². The molecule has 0 saturated heterocycles. The van der Waals surface area contributed by atoms with E-state index in [2.05, 4.69) is 15.5 Å². The van der Waals surface area contributed by atoms with Crippen molar-refractivity contribution in [2.24, 2.45) is 0 Å². The first kappa shape index (κ1) is 13.0. The van der Waals surface area contributed by atoms with Crippen LogP contribution in [0, 0.1) is 0 Å². The number of hydrogen-bond donors (Lipinski definition) is 2. The molecule has 1 aromatic carbocycles. The van der Waals surface area contributed by atoms with Crippen LogP contribution in [0.25, 0.3) is 0 Å². The topological polar surface area (TPSA) is 97.1 Å². The average molecular weight is 281 g/mol. The minimum absolute atomic E-state index is 0.172. The lowest BCUT2D eigenvalue weighted by Gasteiger charge is -2.01. The van der Waals surface area contributed by atoms with Crippen LogP contribution in [-0.4, -0.2) is 32.0 Å². The van der Waals surface area contributed by atoms with Crippen LogP contribution in [0.3, 0.4) is 0 Å². The summed E-state index contributed by atoms with van der Waals surface area (Å²) in [5.74, 6) is -1.29. The van der Waals surface area contributed by atoms with E-state index < -0.39 is 11.9 Å². The number of rotatable bonds is 4. The Morgan fingerprint density at radius 1 is 1.42 bits per heavy atom. The van der Waals surface area contributed by atoms with Crippen LogP contribution < -0.4 is 5.32 Å². The Balaban J connectivity index is 2.06. The average Bonchev–Trinajstić information content (AvgIpc) is 2.75. The number of hydrogen-bond acceptors (Lipinski definition) is 4. The lowest BCUT2D eigenvalue weighted by molar-refractivity contribution is -0.138. The first-order chi connectivity index (χ1) is 9.04. The molecule has 19 heavy (non-hydrogen) atoms. The van der Waals surface area contributed by atoms with E-state index in [1.54, 1.807) is 18.2 Å². The summed E-state index contributed by atoms with van der Waals surface area (Å²) in [6, 6.07) is 6.42. The molecule has 7 nitrogen and oxygen atoms in total. The second-order valence-corrected chi connectivity index (χ2v) is 4.05. The molecule has 0 unspecified atom stereocenters. The SMILES string of the molecule is O=C(O)Cn1ncc(NC(=O)c2cccc(Cl)c2)n1. The molecule has 1 amide bonds. The Kier molecular flexibility index (Phi) is 3.76.